The van der Waals surface area contributed by atoms with Crippen molar-refractivity contribution in [3.8, 4) is 0 Å². The van der Waals surface area contributed by atoms with Crippen molar-refractivity contribution in [3.63, 3.8) is 0 Å². The van der Waals surface area contributed by atoms with Gasteiger partial charge in [-0.25, -0.2) is 4.72 Å². The number of amides is 1. The first-order chi connectivity index (χ1) is 4.49. The van der Waals surface area contributed by atoms with Gasteiger partial charge in [-0.3, -0.25) is 8.98 Å². The first kappa shape index (κ1) is 7.49. The summed E-state index contributed by atoms with van der Waals surface area (Å²) in [4.78, 5) is 10.5. The fourth-order valence-electron chi connectivity index (χ4n) is 0.717. The van der Waals surface area contributed by atoms with Crippen molar-refractivity contribution in [3.05, 3.63) is 0 Å². The average Bonchev–Trinajstić information content (AvgIpc) is 1.54. The number of carbonyl (C=O) groups is 1. The minimum absolute atomic E-state index is 0.0965. The highest BCUT2D eigenvalue weighted by molar-refractivity contribution is 7.85. The van der Waals surface area contributed by atoms with E-state index < -0.39 is 22.3 Å². The molecule has 0 aromatic carbocycles. The Kier molecular flexibility index (Phi) is 1.65. The summed E-state index contributed by atoms with van der Waals surface area (Å²) >= 11 is 0. The van der Waals surface area contributed by atoms with Crippen molar-refractivity contribution in [1.82, 2.24) is 4.72 Å². The van der Waals surface area contributed by atoms with Gasteiger partial charge in [0.2, 0.25) is 5.91 Å². The molecule has 1 atom stereocenters. The lowest BCUT2D eigenvalue weighted by atomic mass is 10.3. The maximum absolute atomic E-state index is 10.5. The summed E-state index contributed by atoms with van der Waals surface area (Å²) in [5.41, 5.74) is 0. The molecule has 0 aromatic heterocycles. The van der Waals surface area contributed by atoms with E-state index >= 15 is 0 Å². The summed E-state index contributed by atoms with van der Waals surface area (Å²) in [5, 5.41) is 0. The molecule has 5 nitrogen and oxygen atoms in total. The van der Waals surface area contributed by atoms with Crippen molar-refractivity contribution in [1.29, 1.82) is 0 Å². The largest absolute Gasteiger partial charge is 0.362 e. The monoisotopic (exact) mass is 165 g/mol. The molecular weight excluding hydrogens is 158 g/mol. The molecule has 1 unspecified atom stereocenters. The van der Waals surface area contributed by atoms with E-state index in [0.29, 0.717) is 0 Å². The Balaban J connectivity index is 2.79. The van der Waals surface area contributed by atoms with Gasteiger partial charge >= 0.3 is 10.3 Å². The standard InChI is InChI=1S/C4H7NO4S/c1-3-2-4(6)5-10(7,8)9-3/h3H,2H2,1H3,(H,5,6). The topological polar surface area (TPSA) is 72.5 Å². The Labute approximate surface area is 58.6 Å². The molecule has 1 heterocycles. The number of hydrogen-bond donors (Lipinski definition) is 1. The Bertz CT molecular complexity index is 244. The van der Waals surface area contributed by atoms with Crippen LogP contribution >= 0.6 is 0 Å². The molecule has 0 aromatic rings. The third-order valence-electron chi connectivity index (χ3n) is 1.00. The van der Waals surface area contributed by atoms with Crippen LogP contribution in [-0.4, -0.2) is 20.4 Å². The molecule has 58 valence electrons. The zero-order valence-corrected chi connectivity index (χ0v) is 6.14. The summed E-state index contributed by atoms with van der Waals surface area (Å²) in [6.07, 6.45) is -0.446. The lowest BCUT2D eigenvalue weighted by Gasteiger charge is -2.17. The van der Waals surface area contributed by atoms with Gasteiger partial charge < -0.3 is 0 Å². The summed E-state index contributed by atoms with van der Waals surface area (Å²) in [6, 6.07) is 0. The fraction of sp³-hybridized carbons (Fsp3) is 0.750. The van der Waals surface area contributed by atoms with Gasteiger partial charge in [-0.15, -0.1) is 0 Å². The van der Waals surface area contributed by atoms with Crippen LogP contribution in [-0.2, 0) is 19.3 Å². The summed E-state index contributed by atoms with van der Waals surface area (Å²) in [7, 11) is -3.78. The van der Waals surface area contributed by atoms with Crippen molar-refractivity contribution >= 4 is 16.2 Å². The van der Waals surface area contributed by atoms with E-state index in [1.54, 1.807) is 4.72 Å². The van der Waals surface area contributed by atoms with Crippen LogP contribution in [0.4, 0.5) is 0 Å². The molecule has 0 saturated carbocycles. The van der Waals surface area contributed by atoms with Gasteiger partial charge in [0.1, 0.15) is 0 Å². The van der Waals surface area contributed by atoms with Gasteiger partial charge in [-0.2, -0.15) is 8.42 Å². The lowest BCUT2D eigenvalue weighted by molar-refractivity contribution is -0.122. The molecule has 1 rings (SSSR count). The predicted molar refractivity (Wildman–Crippen MR) is 32.2 cm³/mol. The van der Waals surface area contributed by atoms with E-state index in [-0.39, 0.29) is 6.42 Å². The Morgan fingerprint density at radius 2 is 2.30 bits per heavy atom. The fourth-order valence-corrected chi connectivity index (χ4v) is 1.63. The van der Waals surface area contributed by atoms with E-state index in [9.17, 15) is 13.2 Å². The second-order valence-corrected chi connectivity index (χ2v) is 3.40. The second-order valence-electron chi connectivity index (χ2n) is 2.09. The first-order valence-corrected chi connectivity index (χ1v) is 4.14. The molecule has 1 aliphatic rings. The molecule has 0 radical (unpaired) electrons. The molecule has 1 N–H and O–H groups in total. The van der Waals surface area contributed by atoms with Crippen LogP contribution in [0.3, 0.4) is 0 Å². The Morgan fingerprint density at radius 1 is 1.70 bits per heavy atom. The molecule has 1 fully saturated rings. The maximum atomic E-state index is 10.5. The molecule has 1 saturated heterocycles. The second kappa shape index (κ2) is 2.21. The quantitative estimate of drug-likeness (QED) is 0.507. The van der Waals surface area contributed by atoms with Crippen molar-refractivity contribution < 1.29 is 17.4 Å². The van der Waals surface area contributed by atoms with Crippen LogP contribution in [0.25, 0.3) is 0 Å². The van der Waals surface area contributed by atoms with Crippen molar-refractivity contribution in [2.45, 2.75) is 19.4 Å². The van der Waals surface area contributed by atoms with Crippen LogP contribution in [0.5, 0.6) is 0 Å². The van der Waals surface area contributed by atoms with Crippen molar-refractivity contribution in [2.24, 2.45) is 0 Å². The zero-order chi connectivity index (χ0) is 7.78. The van der Waals surface area contributed by atoms with Crippen LogP contribution in [0.15, 0.2) is 0 Å². The van der Waals surface area contributed by atoms with Gasteiger partial charge in [0.15, 0.2) is 0 Å². The van der Waals surface area contributed by atoms with Crippen LogP contribution in [0.1, 0.15) is 13.3 Å². The Hall–Kier alpha value is -0.620. The molecule has 10 heavy (non-hydrogen) atoms. The van der Waals surface area contributed by atoms with E-state index in [1.807, 2.05) is 0 Å². The highest BCUT2D eigenvalue weighted by Gasteiger charge is 2.26. The zero-order valence-electron chi connectivity index (χ0n) is 5.33. The highest BCUT2D eigenvalue weighted by Crippen LogP contribution is 2.07. The van der Waals surface area contributed by atoms with Crippen LogP contribution < -0.4 is 4.72 Å². The summed E-state index contributed by atoms with van der Waals surface area (Å²) in [5.74, 6) is -0.515. The number of carbonyl (C=O) groups excluding carboxylic acids is 1. The van der Waals surface area contributed by atoms with Gasteiger partial charge in [-0.05, 0) is 6.92 Å². The predicted octanol–water partition coefficient (Wildman–Crippen LogP) is -0.844. The summed E-state index contributed by atoms with van der Waals surface area (Å²) < 4.78 is 27.1. The molecule has 0 spiro atoms. The Morgan fingerprint density at radius 3 is 2.70 bits per heavy atom. The molecule has 0 bridgehead atoms. The van der Waals surface area contributed by atoms with Crippen molar-refractivity contribution in [2.75, 3.05) is 0 Å². The first-order valence-electron chi connectivity index (χ1n) is 2.73. The van der Waals surface area contributed by atoms with Gasteiger partial charge in [0.25, 0.3) is 0 Å². The molecular formula is C4H7NO4S. The normalized spacial score (nSPS) is 31.3. The molecule has 6 heteroatoms. The minimum Gasteiger partial charge on any atom is -0.274 e. The van der Waals surface area contributed by atoms with E-state index in [0.717, 1.165) is 0 Å². The minimum atomic E-state index is -3.78. The van der Waals surface area contributed by atoms with Crippen LogP contribution in [0.2, 0.25) is 0 Å². The molecule has 0 aliphatic carbocycles. The average molecular weight is 165 g/mol. The maximum Gasteiger partial charge on any atom is 0.362 e. The van der Waals surface area contributed by atoms with Crippen LogP contribution in [0, 0.1) is 0 Å². The van der Waals surface area contributed by atoms with Gasteiger partial charge in [-0.1, -0.05) is 0 Å². The summed E-state index contributed by atoms with van der Waals surface area (Å²) in [6.45, 7) is 1.52. The van der Waals surface area contributed by atoms with E-state index in [1.165, 1.54) is 6.92 Å². The van der Waals surface area contributed by atoms with E-state index in [4.69, 9.17) is 0 Å². The third-order valence-corrected chi connectivity index (χ3v) is 2.06. The van der Waals surface area contributed by atoms with Gasteiger partial charge in [0, 0.05) is 0 Å². The number of hydrogen-bond acceptors (Lipinski definition) is 4. The lowest BCUT2D eigenvalue weighted by Crippen LogP contribution is -2.41. The third kappa shape index (κ3) is 1.68. The molecule has 1 amide bonds. The molecule has 1 aliphatic heterocycles. The smallest absolute Gasteiger partial charge is 0.274 e. The number of nitrogens with one attached hydrogen (secondary N) is 1. The highest BCUT2D eigenvalue weighted by atomic mass is 32.2. The van der Waals surface area contributed by atoms with Gasteiger partial charge in [0.05, 0.1) is 12.5 Å². The number of rotatable bonds is 0. The van der Waals surface area contributed by atoms with E-state index in [2.05, 4.69) is 4.18 Å². The SMILES string of the molecule is CC1CC(=O)NS(=O)(=O)O1.